The summed E-state index contributed by atoms with van der Waals surface area (Å²) in [5.41, 5.74) is 3.55. The molecule has 0 saturated carbocycles. The largest absolute Gasteiger partial charge is 0.343 e. The smallest absolute Gasteiger partial charge is 0.232 e. The average Bonchev–Trinajstić information content (AvgIpc) is 3.49. The lowest BCUT2D eigenvalue weighted by Crippen LogP contribution is -2.43. The van der Waals surface area contributed by atoms with Gasteiger partial charge in [-0.2, -0.15) is 0 Å². The van der Waals surface area contributed by atoms with Crippen LogP contribution in [0, 0.1) is 31.6 Å². The molecule has 0 spiro atoms. The van der Waals surface area contributed by atoms with Gasteiger partial charge in [0.25, 0.3) is 0 Å². The number of likely N-dealkylation sites (tertiary alicyclic amines) is 1. The third kappa shape index (κ3) is 3.57. The Morgan fingerprint density at radius 1 is 1.03 bits per heavy atom. The predicted molar refractivity (Wildman–Crippen MR) is 127 cm³/mol. The highest BCUT2D eigenvalue weighted by Crippen LogP contribution is 2.41. The van der Waals surface area contributed by atoms with Crippen LogP contribution in [0.2, 0.25) is 0 Å². The predicted octanol–water partition coefficient (Wildman–Crippen LogP) is 3.11. The summed E-state index contributed by atoms with van der Waals surface area (Å²) in [6, 6.07) is 7.44. The summed E-state index contributed by atoms with van der Waals surface area (Å²) in [5, 5.41) is 0. The first kappa shape index (κ1) is 21.0. The molecule has 6 heterocycles. The topological polar surface area (TPSA) is 65.5 Å². The number of amides is 1. The number of hydrogen-bond acceptors (Lipinski definition) is 6. The lowest BCUT2D eigenvalue weighted by Gasteiger charge is -2.30. The monoisotopic (exact) mass is 458 g/mol. The van der Waals surface area contributed by atoms with Gasteiger partial charge in [-0.15, -0.1) is 0 Å². The maximum absolute atomic E-state index is 13.9. The average molecular weight is 459 g/mol. The van der Waals surface area contributed by atoms with E-state index < -0.39 is 5.92 Å². The highest BCUT2D eigenvalue weighted by molar-refractivity contribution is 5.94. The van der Waals surface area contributed by atoms with Gasteiger partial charge in [-0.3, -0.25) is 9.78 Å². The molecule has 4 aliphatic rings. The van der Waals surface area contributed by atoms with Crippen molar-refractivity contribution in [1.29, 1.82) is 0 Å². The van der Waals surface area contributed by atoms with Crippen LogP contribution in [0.25, 0.3) is 5.57 Å². The number of aromatic nitrogens is 3. The third-order valence-corrected chi connectivity index (χ3v) is 7.31. The summed E-state index contributed by atoms with van der Waals surface area (Å²) in [6.07, 6.45) is 8.30. The van der Waals surface area contributed by atoms with Crippen LogP contribution in [-0.2, 0) is 4.79 Å². The lowest BCUT2D eigenvalue weighted by atomic mass is 9.90. The summed E-state index contributed by atoms with van der Waals surface area (Å²) < 4.78 is 13.9. The molecule has 4 aliphatic heterocycles. The van der Waals surface area contributed by atoms with E-state index >= 15 is 0 Å². The fourth-order valence-corrected chi connectivity index (χ4v) is 5.81. The molecule has 0 aromatic carbocycles. The number of carbonyl (C=O) groups is 1. The molecule has 2 unspecified atom stereocenters. The number of fused-ring (bicyclic) bond motifs is 2. The van der Waals surface area contributed by atoms with Crippen LogP contribution in [0.4, 0.5) is 10.3 Å². The van der Waals surface area contributed by atoms with E-state index in [0.717, 1.165) is 54.8 Å². The van der Waals surface area contributed by atoms with E-state index in [-0.39, 0.29) is 17.8 Å². The summed E-state index contributed by atoms with van der Waals surface area (Å²) in [5.74, 6) is 0.949. The number of anilines is 1. The first-order valence-corrected chi connectivity index (χ1v) is 11.8. The van der Waals surface area contributed by atoms with E-state index in [1.54, 1.807) is 17.2 Å². The molecule has 34 heavy (non-hydrogen) atoms. The molecular formula is C26H27FN6O. The molecule has 2 aromatic rings. The standard InChI is InChI=1S/C26H27FN6O/c1-16-9-17(2)30-26(29-16)33-12-18-10-32(11-19(18)13-33)25(34)24-21(22-5-3-4-8-28-22)15-31-14-20(27)6-7-23(24)31/h3-9,14-15,18-19,23-24H,10-13H2,1-2H3/t18-,19+,23?,24?. The van der Waals surface area contributed by atoms with Crippen molar-refractivity contribution >= 4 is 17.4 Å². The molecular weight excluding hydrogens is 431 g/mol. The van der Waals surface area contributed by atoms with Gasteiger partial charge in [-0.1, -0.05) is 12.1 Å². The van der Waals surface area contributed by atoms with Crippen molar-refractivity contribution in [2.45, 2.75) is 19.9 Å². The normalized spacial score (nSPS) is 27.6. The van der Waals surface area contributed by atoms with E-state index in [1.165, 1.54) is 12.3 Å². The zero-order valence-electron chi connectivity index (χ0n) is 19.3. The van der Waals surface area contributed by atoms with Gasteiger partial charge >= 0.3 is 0 Å². The number of pyridine rings is 1. The highest BCUT2D eigenvalue weighted by atomic mass is 19.1. The zero-order chi connectivity index (χ0) is 23.4. The Hall–Kier alpha value is -3.55. The fourth-order valence-electron chi connectivity index (χ4n) is 5.81. The Morgan fingerprint density at radius 3 is 2.44 bits per heavy atom. The van der Waals surface area contributed by atoms with E-state index in [0.29, 0.717) is 11.8 Å². The van der Waals surface area contributed by atoms with Crippen LogP contribution in [0.5, 0.6) is 0 Å². The van der Waals surface area contributed by atoms with Crippen molar-refractivity contribution in [3.05, 3.63) is 77.9 Å². The maximum Gasteiger partial charge on any atom is 0.232 e. The van der Waals surface area contributed by atoms with Crippen LogP contribution >= 0.6 is 0 Å². The molecule has 1 amide bonds. The first-order valence-electron chi connectivity index (χ1n) is 11.8. The van der Waals surface area contributed by atoms with Crippen molar-refractivity contribution < 1.29 is 9.18 Å². The van der Waals surface area contributed by atoms with Gasteiger partial charge in [-0.25, -0.2) is 14.4 Å². The van der Waals surface area contributed by atoms with Gasteiger partial charge in [0.05, 0.1) is 17.7 Å². The minimum atomic E-state index is -0.409. The van der Waals surface area contributed by atoms with E-state index in [2.05, 4.69) is 19.9 Å². The van der Waals surface area contributed by atoms with E-state index in [4.69, 9.17) is 0 Å². The van der Waals surface area contributed by atoms with Crippen LogP contribution in [0.3, 0.4) is 0 Å². The van der Waals surface area contributed by atoms with Crippen molar-refractivity contribution in [2.75, 3.05) is 31.1 Å². The molecule has 0 N–H and O–H groups in total. The van der Waals surface area contributed by atoms with Crippen LogP contribution in [0.1, 0.15) is 17.1 Å². The second-order valence-corrected chi connectivity index (χ2v) is 9.71. The second-order valence-electron chi connectivity index (χ2n) is 9.71. The van der Waals surface area contributed by atoms with Crippen molar-refractivity contribution in [1.82, 2.24) is 24.8 Å². The Bertz CT molecular complexity index is 1190. The van der Waals surface area contributed by atoms with Gasteiger partial charge in [0.15, 0.2) is 0 Å². The zero-order valence-corrected chi connectivity index (χ0v) is 19.3. The van der Waals surface area contributed by atoms with Crippen LogP contribution < -0.4 is 4.90 Å². The first-order chi connectivity index (χ1) is 16.5. The Kier molecular flexibility index (Phi) is 4.97. The molecule has 0 radical (unpaired) electrons. The number of allylic oxidation sites excluding steroid dienone is 2. The van der Waals surface area contributed by atoms with E-state index in [1.807, 2.05) is 49.2 Å². The van der Waals surface area contributed by atoms with Gasteiger partial charge < -0.3 is 14.7 Å². The molecule has 2 aromatic heterocycles. The maximum atomic E-state index is 13.9. The quantitative estimate of drug-likeness (QED) is 0.704. The number of aryl methyl sites for hydroxylation is 2. The second kappa shape index (κ2) is 8.04. The fraction of sp³-hybridized carbons (Fsp3) is 0.385. The number of hydrogen-bond donors (Lipinski definition) is 0. The summed E-state index contributed by atoms with van der Waals surface area (Å²) >= 11 is 0. The Labute approximate surface area is 198 Å². The molecule has 2 saturated heterocycles. The number of nitrogens with zero attached hydrogens (tertiary/aromatic N) is 6. The SMILES string of the molecule is Cc1cc(C)nc(N2C[C@H]3CN(C(=O)C4C(c5ccccn5)=CN5C=C(F)C=CC45)C[C@H]3C2)n1. The molecule has 4 atom stereocenters. The lowest BCUT2D eigenvalue weighted by molar-refractivity contribution is -0.133. The minimum absolute atomic E-state index is 0.0911. The van der Waals surface area contributed by atoms with Gasteiger partial charge in [-0.05, 0) is 38.1 Å². The highest BCUT2D eigenvalue weighted by Gasteiger charge is 2.47. The number of halogens is 1. The van der Waals surface area contributed by atoms with Gasteiger partial charge in [0, 0.05) is 73.6 Å². The van der Waals surface area contributed by atoms with Gasteiger partial charge in [0.1, 0.15) is 5.83 Å². The summed E-state index contributed by atoms with van der Waals surface area (Å²) in [7, 11) is 0. The van der Waals surface area contributed by atoms with Gasteiger partial charge in [0.2, 0.25) is 11.9 Å². The number of carbonyl (C=O) groups excluding carboxylic acids is 1. The molecule has 6 rings (SSSR count). The number of rotatable bonds is 3. The third-order valence-electron chi connectivity index (χ3n) is 7.31. The Morgan fingerprint density at radius 2 is 1.76 bits per heavy atom. The van der Waals surface area contributed by atoms with Crippen molar-refractivity contribution in [3.8, 4) is 0 Å². The molecule has 0 bridgehead atoms. The summed E-state index contributed by atoms with van der Waals surface area (Å²) in [6.45, 7) is 7.14. The molecule has 2 fully saturated rings. The van der Waals surface area contributed by atoms with Crippen LogP contribution in [0.15, 0.2) is 60.8 Å². The van der Waals surface area contributed by atoms with Crippen molar-refractivity contribution in [2.24, 2.45) is 17.8 Å². The van der Waals surface area contributed by atoms with Crippen LogP contribution in [-0.4, -0.2) is 62.9 Å². The van der Waals surface area contributed by atoms with Crippen molar-refractivity contribution in [3.63, 3.8) is 0 Å². The molecule has 174 valence electrons. The molecule has 0 aliphatic carbocycles. The minimum Gasteiger partial charge on any atom is -0.343 e. The Balaban J connectivity index is 1.21. The molecule has 7 nitrogen and oxygen atoms in total. The van der Waals surface area contributed by atoms with E-state index in [9.17, 15) is 9.18 Å². The summed E-state index contributed by atoms with van der Waals surface area (Å²) in [4.78, 5) is 33.7. The molecule has 8 heteroatoms.